The summed E-state index contributed by atoms with van der Waals surface area (Å²) in [6, 6.07) is 23.3. The number of benzene rings is 3. The normalized spacial score (nSPS) is 10.6. The number of nitrogens with one attached hydrogen (secondary N) is 1. The zero-order valence-corrected chi connectivity index (χ0v) is 15.0. The summed E-state index contributed by atoms with van der Waals surface area (Å²) >= 11 is 1.59. The van der Waals surface area contributed by atoms with Crippen molar-refractivity contribution >= 4 is 22.9 Å². The quantitative estimate of drug-likeness (QED) is 0.485. The third-order valence-corrected chi connectivity index (χ3v) is 4.97. The number of nitrogens with zero attached hydrogens (tertiary/aromatic N) is 1. The summed E-state index contributed by atoms with van der Waals surface area (Å²) in [5.41, 5.74) is 3.55. The van der Waals surface area contributed by atoms with Crippen LogP contribution in [0.5, 0.6) is 0 Å². The number of rotatable bonds is 4. The second kappa shape index (κ2) is 7.51. The molecule has 0 radical (unpaired) electrons. The van der Waals surface area contributed by atoms with Crippen molar-refractivity contribution in [2.45, 2.75) is 0 Å². The number of carbonyl (C=O) groups excluding carboxylic acids is 1. The Bertz CT molecular complexity index is 1070. The lowest BCUT2D eigenvalue weighted by Gasteiger charge is -2.06. The lowest BCUT2D eigenvalue weighted by Crippen LogP contribution is -2.13. The molecule has 0 fully saturated rings. The number of anilines is 1. The van der Waals surface area contributed by atoms with E-state index in [0.717, 1.165) is 21.8 Å². The summed E-state index contributed by atoms with van der Waals surface area (Å²) in [5, 5.41) is 5.68. The van der Waals surface area contributed by atoms with E-state index in [1.807, 2.05) is 47.8 Å². The maximum absolute atomic E-state index is 13.7. The second-order valence-corrected chi connectivity index (χ2v) is 6.77. The average Bonchev–Trinajstić information content (AvgIpc) is 3.20. The number of aromatic nitrogens is 1. The molecule has 4 aromatic rings. The lowest BCUT2D eigenvalue weighted by atomic mass is 10.1. The van der Waals surface area contributed by atoms with E-state index in [1.54, 1.807) is 35.6 Å². The number of hydrogen-bond donors (Lipinski definition) is 1. The fourth-order valence-electron chi connectivity index (χ4n) is 2.69. The number of thiazole rings is 1. The van der Waals surface area contributed by atoms with E-state index < -0.39 is 11.7 Å². The van der Waals surface area contributed by atoms with Gasteiger partial charge in [-0.25, -0.2) is 9.37 Å². The Balaban J connectivity index is 1.50. The van der Waals surface area contributed by atoms with Crippen LogP contribution < -0.4 is 5.32 Å². The summed E-state index contributed by atoms with van der Waals surface area (Å²) in [5.74, 6) is -1.01. The van der Waals surface area contributed by atoms with Crippen LogP contribution in [0.15, 0.2) is 84.2 Å². The number of hydrogen-bond acceptors (Lipinski definition) is 3. The molecule has 0 unspecified atom stereocenters. The van der Waals surface area contributed by atoms with Gasteiger partial charge in [0.25, 0.3) is 5.91 Å². The molecule has 0 atom stereocenters. The first kappa shape index (κ1) is 17.1. The van der Waals surface area contributed by atoms with E-state index in [2.05, 4.69) is 10.3 Å². The van der Waals surface area contributed by atoms with Gasteiger partial charge in [0, 0.05) is 22.2 Å². The minimum Gasteiger partial charge on any atom is -0.322 e. The van der Waals surface area contributed by atoms with E-state index in [1.165, 1.54) is 12.1 Å². The molecular weight excluding hydrogens is 359 g/mol. The first-order valence-electron chi connectivity index (χ1n) is 8.38. The van der Waals surface area contributed by atoms with E-state index in [4.69, 9.17) is 0 Å². The largest absolute Gasteiger partial charge is 0.322 e. The van der Waals surface area contributed by atoms with Gasteiger partial charge >= 0.3 is 0 Å². The van der Waals surface area contributed by atoms with Crippen molar-refractivity contribution < 1.29 is 9.18 Å². The van der Waals surface area contributed by atoms with E-state index in [-0.39, 0.29) is 5.56 Å². The van der Waals surface area contributed by atoms with Gasteiger partial charge in [-0.1, -0.05) is 54.6 Å². The average molecular weight is 374 g/mol. The molecule has 0 saturated carbocycles. The topological polar surface area (TPSA) is 42.0 Å². The second-order valence-electron chi connectivity index (χ2n) is 5.92. The van der Waals surface area contributed by atoms with Gasteiger partial charge in [-0.15, -0.1) is 11.3 Å². The maximum atomic E-state index is 13.7. The minimum absolute atomic E-state index is 0.0218. The standard InChI is InChI=1S/C22H15FN2OS/c23-19-9-5-4-8-18(19)21(26)24-17-12-10-15(11-13-17)20-14-27-22(25-20)16-6-2-1-3-7-16/h1-14H,(H,24,26). The lowest BCUT2D eigenvalue weighted by molar-refractivity contribution is 0.102. The van der Waals surface area contributed by atoms with E-state index in [0.29, 0.717) is 5.69 Å². The summed E-state index contributed by atoms with van der Waals surface area (Å²) in [4.78, 5) is 16.9. The highest BCUT2D eigenvalue weighted by Crippen LogP contribution is 2.29. The van der Waals surface area contributed by atoms with Gasteiger partial charge in [0.2, 0.25) is 0 Å². The maximum Gasteiger partial charge on any atom is 0.258 e. The highest BCUT2D eigenvalue weighted by molar-refractivity contribution is 7.13. The predicted molar refractivity (Wildman–Crippen MR) is 107 cm³/mol. The molecule has 1 N–H and O–H groups in total. The first-order chi connectivity index (χ1) is 13.2. The van der Waals surface area contributed by atoms with Crippen LogP contribution >= 0.6 is 11.3 Å². The van der Waals surface area contributed by atoms with Crippen molar-refractivity contribution in [2.75, 3.05) is 5.32 Å². The zero-order chi connectivity index (χ0) is 18.6. The van der Waals surface area contributed by atoms with Crippen molar-refractivity contribution in [3.63, 3.8) is 0 Å². The molecule has 0 bridgehead atoms. The van der Waals surface area contributed by atoms with Crippen LogP contribution in [-0.4, -0.2) is 10.9 Å². The molecule has 5 heteroatoms. The van der Waals surface area contributed by atoms with Gasteiger partial charge < -0.3 is 5.32 Å². The van der Waals surface area contributed by atoms with Crippen LogP contribution in [0.3, 0.4) is 0 Å². The Morgan fingerprint density at radius 1 is 0.852 bits per heavy atom. The minimum atomic E-state index is -0.539. The van der Waals surface area contributed by atoms with Gasteiger partial charge in [0.15, 0.2) is 0 Å². The molecule has 3 nitrogen and oxygen atoms in total. The highest BCUT2D eigenvalue weighted by Gasteiger charge is 2.11. The number of halogens is 1. The Kier molecular flexibility index (Phi) is 4.77. The van der Waals surface area contributed by atoms with E-state index >= 15 is 0 Å². The third kappa shape index (κ3) is 3.78. The first-order valence-corrected chi connectivity index (χ1v) is 9.26. The molecule has 1 aromatic heterocycles. The van der Waals surface area contributed by atoms with Crippen molar-refractivity contribution in [2.24, 2.45) is 0 Å². The Hall–Kier alpha value is -3.31. The van der Waals surface area contributed by atoms with Crippen LogP contribution in [0, 0.1) is 5.82 Å². The molecule has 3 aromatic carbocycles. The van der Waals surface area contributed by atoms with Crippen LogP contribution in [0.25, 0.3) is 21.8 Å². The van der Waals surface area contributed by atoms with Crippen LogP contribution in [0.2, 0.25) is 0 Å². The molecule has 27 heavy (non-hydrogen) atoms. The molecular formula is C22H15FN2OS. The Morgan fingerprint density at radius 2 is 1.56 bits per heavy atom. The van der Waals surface area contributed by atoms with Crippen molar-refractivity contribution in [1.29, 1.82) is 0 Å². The summed E-state index contributed by atoms with van der Waals surface area (Å²) < 4.78 is 13.7. The van der Waals surface area contributed by atoms with Gasteiger partial charge in [-0.2, -0.15) is 0 Å². The summed E-state index contributed by atoms with van der Waals surface area (Å²) in [6.45, 7) is 0. The third-order valence-electron chi connectivity index (χ3n) is 4.08. The monoisotopic (exact) mass is 374 g/mol. The molecule has 0 aliphatic carbocycles. The van der Waals surface area contributed by atoms with Crippen LogP contribution in [0.4, 0.5) is 10.1 Å². The van der Waals surface area contributed by atoms with Gasteiger partial charge in [0.05, 0.1) is 11.3 Å². The van der Waals surface area contributed by atoms with Gasteiger partial charge in [0.1, 0.15) is 10.8 Å². The molecule has 132 valence electrons. The molecule has 0 aliphatic rings. The zero-order valence-electron chi connectivity index (χ0n) is 14.2. The van der Waals surface area contributed by atoms with Gasteiger partial charge in [-0.05, 0) is 24.3 Å². The Morgan fingerprint density at radius 3 is 2.30 bits per heavy atom. The predicted octanol–water partition coefficient (Wildman–Crippen LogP) is 5.87. The van der Waals surface area contributed by atoms with Gasteiger partial charge in [-0.3, -0.25) is 4.79 Å². The summed E-state index contributed by atoms with van der Waals surface area (Å²) in [6.07, 6.45) is 0. The number of amides is 1. The Labute approximate surface area is 160 Å². The molecule has 1 amide bonds. The SMILES string of the molecule is O=C(Nc1ccc(-c2csc(-c3ccccc3)n2)cc1)c1ccccc1F. The summed E-state index contributed by atoms with van der Waals surface area (Å²) in [7, 11) is 0. The van der Waals surface area contributed by atoms with Crippen molar-refractivity contribution in [3.8, 4) is 21.8 Å². The highest BCUT2D eigenvalue weighted by atomic mass is 32.1. The van der Waals surface area contributed by atoms with Crippen molar-refractivity contribution in [3.05, 3.63) is 95.6 Å². The van der Waals surface area contributed by atoms with Crippen LogP contribution in [-0.2, 0) is 0 Å². The smallest absolute Gasteiger partial charge is 0.258 e. The van der Waals surface area contributed by atoms with Crippen LogP contribution in [0.1, 0.15) is 10.4 Å². The molecule has 1 heterocycles. The molecule has 0 spiro atoms. The van der Waals surface area contributed by atoms with E-state index in [9.17, 15) is 9.18 Å². The fraction of sp³-hybridized carbons (Fsp3) is 0. The van der Waals surface area contributed by atoms with Crippen molar-refractivity contribution in [1.82, 2.24) is 4.98 Å². The molecule has 0 aliphatic heterocycles. The molecule has 4 rings (SSSR count). The number of carbonyl (C=O) groups is 1. The fourth-order valence-corrected chi connectivity index (χ4v) is 3.52. The molecule has 0 saturated heterocycles.